The van der Waals surface area contributed by atoms with Crippen LogP contribution in [0.5, 0.6) is 0 Å². The van der Waals surface area contributed by atoms with Crippen molar-refractivity contribution >= 4 is 9.24 Å². The number of hydrogen-bond acceptors (Lipinski definition) is 3. The fourth-order valence-electron chi connectivity index (χ4n) is 0.0833. The van der Waals surface area contributed by atoms with Crippen LogP contribution >= 0.6 is 9.24 Å². The Morgan fingerprint density at radius 2 is 1.71 bits per heavy atom. The lowest BCUT2D eigenvalue weighted by Crippen LogP contribution is -2.36. The van der Waals surface area contributed by atoms with E-state index in [0.717, 1.165) is 0 Å². The molecule has 7 heavy (non-hydrogen) atoms. The molecule has 0 bridgehead atoms. The fourth-order valence-corrected chi connectivity index (χ4v) is 0.0833. The predicted molar refractivity (Wildman–Crippen MR) is 30.6 cm³/mol. The molecule has 4 heteroatoms. The molecule has 0 heterocycles. The lowest BCUT2D eigenvalue weighted by molar-refractivity contribution is -0.130. The zero-order chi connectivity index (χ0) is 5.91. The molecule has 0 fully saturated rings. The summed E-state index contributed by atoms with van der Waals surface area (Å²) in [7, 11) is 5.14. The summed E-state index contributed by atoms with van der Waals surface area (Å²) in [5.74, 6) is 0. The van der Waals surface area contributed by atoms with Crippen LogP contribution in [0.25, 0.3) is 0 Å². The van der Waals surface area contributed by atoms with Crippen molar-refractivity contribution in [1.29, 1.82) is 0 Å². The van der Waals surface area contributed by atoms with Crippen LogP contribution in [-0.2, 0) is 9.47 Å². The Labute approximate surface area is 45.4 Å². The highest BCUT2D eigenvalue weighted by atomic mass is 31.0. The average Bonchev–Trinajstić information content (AvgIpc) is 1.68. The summed E-state index contributed by atoms with van der Waals surface area (Å²) in [5, 5.41) is 0. The lowest BCUT2D eigenvalue weighted by Gasteiger charge is -2.18. The third kappa shape index (κ3) is 2.94. The van der Waals surface area contributed by atoms with Gasteiger partial charge in [0.25, 0.3) is 0 Å². The number of methoxy groups -OCH3 is 2. The van der Waals surface area contributed by atoms with Crippen LogP contribution in [0.4, 0.5) is 0 Å². The first kappa shape index (κ1) is 7.31. The SMILES string of the molecule is COC(N)(P)OC. The number of hydrogen-bond donors (Lipinski definition) is 1. The zero-order valence-electron chi connectivity index (χ0n) is 4.47. The molecule has 0 rings (SSSR count). The maximum Gasteiger partial charge on any atom is 0.236 e. The second-order valence-corrected chi connectivity index (χ2v) is 1.93. The van der Waals surface area contributed by atoms with E-state index in [4.69, 9.17) is 5.73 Å². The van der Waals surface area contributed by atoms with Crippen molar-refractivity contribution in [3.8, 4) is 0 Å². The van der Waals surface area contributed by atoms with Gasteiger partial charge < -0.3 is 9.47 Å². The molecule has 0 aliphatic rings. The minimum absolute atomic E-state index is 1.00. The van der Waals surface area contributed by atoms with Crippen LogP contribution in [0.2, 0.25) is 0 Å². The van der Waals surface area contributed by atoms with E-state index < -0.39 is 5.65 Å². The average molecular weight is 123 g/mol. The molecule has 0 aliphatic heterocycles. The molecule has 0 saturated heterocycles. The van der Waals surface area contributed by atoms with Gasteiger partial charge in [0.1, 0.15) is 0 Å². The first-order valence-electron chi connectivity index (χ1n) is 1.80. The summed E-state index contributed by atoms with van der Waals surface area (Å²) in [5.41, 5.74) is 4.23. The van der Waals surface area contributed by atoms with E-state index in [2.05, 4.69) is 18.7 Å². The van der Waals surface area contributed by atoms with Crippen LogP contribution in [0.3, 0.4) is 0 Å². The summed E-state index contributed by atoms with van der Waals surface area (Å²) in [6.45, 7) is 0. The molecular weight excluding hydrogens is 113 g/mol. The highest BCUT2D eigenvalue weighted by Gasteiger charge is 2.13. The minimum Gasteiger partial charge on any atom is -0.338 e. The van der Waals surface area contributed by atoms with Crippen molar-refractivity contribution in [3.05, 3.63) is 0 Å². The summed E-state index contributed by atoms with van der Waals surface area (Å²) in [4.78, 5) is 0. The molecule has 0 amide bonds. The first-order chi connectivity index (χ1) is 3.12. The van der Waals surface area contributed by atoms with Gasteiger partial charge in [0.2, 0.25) is 5.65 Å². The van der Waals surface area contributed by atoms with Crippen molar-refractivity contribution in [2.24, 2.45) is 5.73 Å². The van der Waals surface area contributed by atoms with Crippen molar-refractivity contribution in [1.82, 2.24) is 0 Å². The molecule has 0 radical (unpaired) electrons. The standard InChI is InChI=1S/C3H10NO2P/c1-5-3(4,7)6-2/h4,7H2,1-2H3. The lowest BCUT2D eigenvalue weighted by atomic mass is 11.1. The van der Waals surface area contributed by atoms with Crippen LogP contribution in [0.15, 0.2) is 0 Å². The Kier molecular flexibility index (Phi) is 2.69. The van der Waals surface area contributed by atoms with Crippen molar-refractivity contribution < 1.29 is 9.47 Å². The monoisotopic (exact) mass is 123 g/mol. The van der Waals surface area contributed by atoms with Crippen LogP contribution < -0.4 is 5.73 Å². The van der Waals surface area contributed by atoms with Crippen molar-refractivity contribution in [2.45, 2.75) is 5.65 Å². The van der Waals surface area contributed by atoms with Gasteiger partial charge >= 0.3 is 0 Å². The minimum atomic E-state index is -1.00. The van der Waals surface area contributed by atoms with E-state index in [-0.39, 0.29) is 0 Å². The Morgan fingerprint density at radius 1 is 1.43 bits per heavy atom. The maximum absolute atomic E-state index is 5.23. The summed E-state index contributed by atoms with van der Waals surface area (Å²) in [6, 6.07) is 0. The molecule has 44 valence electrons. The van der Waals surface area contributed by atoms with Gasteiger partial charge in [0.15, 0.2) is 0 Å². The third-order valence-electron chi connectivity index (χ3n) is 0.638. The molecule has 0 aromatic carbocycles. The van der Waals surface area contributed by atoms with E-state index in [1.807, 2.05) is 0 Å². The van der Waals surface area contributed by atoms with E-state index in [1.54, 1.807) is 0 Å². The predicted octanol–water partition coefficient (Wildman–Crippen LogP) is -0.276. The Morgan fingerprint density at radius 3 is 1.71 bits per heavy atom. The third-order valence-corrected chi connectivity index (χ3v) is 1.11. The molecule has 0 saturated carbocycles. The van der Waals surface area contributed by atoms with Crippen molar-refractivity contribution in [3.63, 3.8) is 0 Å². The second kappa shape index (κ2) is 2.58. The largest absolute Gasteiger partial charge is 0.338 e. The van der Waals surface area contributed by atoms with Gasteiger partial charge in [-0.2, -0.15) is 0 Å². The summed E-state index contributed by atoms with van der Waals surface area (Å²) in [6.07, 6.45) is 0. The smallest absolute Gasteiger partial charge is 0.236 e. The van der Waals surface area contributed by atoms with E-state index >= 15 is 0 Å². The molecule has 0 spiro atoms. The van der Waals surface area contributed by atoms with Crippen LogP contribution in [0.1, 0.15) is 0 Å². The topological polar surface area (TPSA) is 44.5 Å². The van der Waals surface area contributed by atoms with Gasteiger partial charge in [-0.05, 0) is 0 Å². The molecule has 0 aliphatic carbocycles. The van der Waals surface area contributed by atoms with Gasteiger partial charge in [-0.1, -0.05) is 9.24 Å². The van der Waals surface area contributed by atoms with E-state index in [9.17, 15) is 0 Å². The molecular formula is C3H10NO2P. The number of rotatable bonds is 2. The normalized spacial score (nSPS) is 12.0. The Hall–Kier alpha value is 0.310. The molecule has 1 atom stereocenters. The van der Waals surface area contributed by atoms with Crippen LogP contribution in [-0.4, -0.2) is 19.9 Å². The van der Waals surface area contributed by atoms with Gasteiger partial charge in [-0.25, -0.2) is 0 Å². The van der Waals surface area contributed by atoms with Gasteiger partial charge in [-0.3, -0.25) is 5.73 Å². The molecule has 2 N–H and O–H groups in total. The number of ether oxygens (including phenoxy) is 2. The quantitative estimate of drug-likeness (QED) is 0.406. The zero-order valence-corrected chi connectivity index (χ0v) is 5.63. The van der Waals surface area contributed by atoms with Gasteiger partial charge in [0, 0.05) is 14.2 Å². The van der Waals surface area contributed by atoms with Crippen LogP contribution in [0, 0.1) is 0 Å². The molecule has 3 nitrogen and oxygen atoms in total. The Balaban J connectivity index is 3.36. The summed E-state index contributed by atoms with van der Waals surface area (Å²) >= 11 is 0. The van der Waals surface area contributed by atoms with E-state index in [0.29, 0.717) is 0 Å². The van der Waals surface area contributed by atoms with Crippen molar-refractivity contribution in [2.75, 3.05) is 14.2 Å². The van der Waals surface area contributed by atoms with E-state index in [1.165, 1.54) is 14.2 Å². The number of nitrogens with two attached hydrogens (primary N) is 1. The molecule has 0 aromatic heterocycles. The highest BCUT2D eigenvalue weighted by Crippen LogP contribution is 2.09. The maximum atomic E-state index is 5.23. The highest BCUT2D eigenvalue weighted by molar-refractivity contribution is 7.18. The fraction of sp³-hybridized carbons (Fsp3) is 1.00. The molecule has 0 aromatic rings. The molecule has 1 unspecified atom stereocenters. The second-order valence-electron chi connectivity index (χ2n) is 1.13. The summed E-state index contributed by atoms with van der Waals surface area (Å²) < 4.78 is 9.21. The Bertz CT molecular complexity index is 50.9. The van der Waals surface area contributed by atoms with Gasteiger partial charge in [0.05, 0.1) is 0 Å². The van der Waals surface area contributed by atoms with Gasteiger partial charge in [-0.15, -0.1) is 0 Å². The first-order valence-corrected chi connectivity index (χ1v) is 2.38.